The van der Waals surface area contributed by atoms with E-state index in [1.165, 1.54) is 6.07 Å². The highest BCUT2D eigenvalue weighted by atomic mass is 35.5. The molecular weight excluding hydrogens is 437 g/mol. The lowest BCUT2D eigenvalue weighted by molar-refractivity contribution is 0.586. The van der Waals surface area contributed by atoms with Gasteiger partial charge >= 0.3 is 0 Å². The SMILES string of the molecule is Fc1ccc(NC(=S)Nc2nn(Cc3ccc(Cl)cc3Cl)cc2Cl)c(F)c1. The van der Waals surface area contributed by atoms with Crippen LogP contribution in [0.25, 0.3) is 0 Å². The third kappa shape index (κ3) is 5.07. The van der Waals surface area contributed by atoms with E-state index in [9.17, 15) is 8.78 Å². The van der Waals surface area contributed by atoms with Crippen molar-refractivity contribution in [1.82, 2.24) is 9.78 Å². The maximum atomic E-state index is 13.7. The molecule has 0 amide bonds. The third-order valence-corrected chi connectivity index (χ3v) is 4.54. The van der Waals surface area contributed by atoms with E-state index in [0.717, 1.165) is 17.7 Å². The standard InChI is InChI=1S/C17H11Cl3F2N4S/c18-10-2-1-9(12(19)5-10)7-26-8-13(20)16(25-26)24-17(27)23-15-4-3-11(21)6-14(15)22/h1-6,8H,7H2,(H2,23,24,25,27). The van der Waals surface area contributed by atoms with Crippen LogP contribution in [0.2, 0.25) is 15.1 Å². The zero-order valence-electron chi connectivity index (χ0n) is 13.4. The molecule has 140 valence electrons. The van der Waals surface area contributed by atoms with Crippen molar-refractivity contribution in [2.75, 3.05) is 10.6 Å². The zero-order valence-corrected chi connectivity index (χ0v) is 16.5. The van der Waals surface area contributed by atoms with Gasteiger partial charge in [0.25, 0.3) is 0 Å². The number of nitrogens with one attached hydrogen (secondary N) is 2. The zero-order chi connectivity index (χ0) is 19.6. The normalized spacial score (nSPS) is 10.7. The van der Waals surface area contributed by atoms with Gasteiger partial charge in [0.1, 0.15) is 16.7 Å². The summed E-state index contributed by atoms with van der Waals surface area (Å²) < 4.78 is 28.2. The lowest BCUT2D eigenvalue weighted by Crippen LogP contribution is -2.20. The summed E-state index contributed by atoms with van der Waals surface area (Å²) in [6.45, 7) is 0.365. The van der Waals surface area contributed by atoms with E-state index in [1.54, 1.807) is 29.1 Å². The van der Waals surface area contributed by atoms with Crippen LogP contribution in [0.3, 0.4) is 0 Å². The first-order chi connectivity index (χ1) is 12.8. The van der Waals surface area contributed by atoms with Gasteiger partial charge in [0.15, 0.2) is 10.9 Å². The summed E-state index contributed by atoms with van der Waals surface area (Å²) in [7, 11) is 0. The lowest BCUT2D eigenvalue weighted by Gasteiger charge is -2.10. The van der Waals surface area contributed by atoms with Crippen LogP contribution < -0.4 is 10.6 Å². The number of anilines is 2. The summed E-state index contributed by atoms with van der Waals surface area (Å²) in [5, 5.41) is 11.1. The highest BCUT2D eigenvalue weighted by Gasteiger charge is 2.12. The minimum Gasteiger partial charge on any atom is -0.330 e. The van der Waals surface area contributed by atoms with Crippen molar-refractivity contribution < 1.29 is 8.78 Å². The molecule has 0 bridgehead atoms. The van der Waals surface area contributed by atoms with Crippen molar-refractivity contribution in [3.05, 3.63) is 74.9 Å². The molecule has 10 heteroatoms. The minimum absolute atomic E-state index is 0.0254. The van der Waals surface area contributed by atoms with Gasteiger partial charge in [0.2, 0.25) is 0 Å². The molecule has 0 radical (unpaired) electrons. The average Bonchev–Trinajstić information content (AvgIpc) is 2.92. The Balaban J connectivity index is 1.69. The molecule has 0 atom stereocenters. The van der Waals surface area contributed by atoms with Gasteiger partial charge in [-0.05, 0) is 42.0 Å². The molecule has 1 heterocycles. The Bertz CT molecular complexity index is 1010. The Morgan fingerprint density at radius 1 is 1.04 bits per heavy atom. The van der Waals surface area contributed by atoms with E-state index < -0.39 is 11.6 Å². The van der Waals surface area contributed by atoms with Crippen LogP contribution in [0.1, 0.15) is 5.56 Å². The molecule has 0 aliphatic heterocycles. The monoisotopic (exact) mass is 446 g/mol. The summed E-state index contributed by atoms with van der Waals surface area (Å²) in [6, 6.07) is 8.26. The van der Waals surface area contributed by atoms with Crippen LogP contribution in [0.4, 0.5) is 20.3 Å². The van der Waals surface area contributed by atoms with Gasteiger partial charge in [-0.3, -0.25) is 4.68 Å². The number of thiocarbonyl (C=S) groups is 1. The summed E-state index contributed by atoms with van der Waals surface area (Å²) in [5.41, 5.74) is 0.832. The highest BCUT2D eigenvalue weighted by molar-refractivity contribution is 7.80. The first kappa shape index (κ1) is 19.8. The van der Waals surface area contributed by atoms with E-state index in [0.29, 0.717) is 21.6 Å². The number of hydrogen-bond acceptors (Lipinski definition) is 2. The number of aromatic nitrogens is 2. The second-order valence-corrected chi connectivity index (χ2v) is 7.12. The molecule has 3 rings (SSSR count). The summed E-state index contributed by atoms with van der Waals surface area (Å²) in [4.78, 5) is 0. The maximum Gasteiger partial charge on any atom is 0.176 e. The molecule has 2 aromatic carbocycles. The second kappa shape index (κ2) is 8.39. The molecule has 4 nitrogen and oxygen atoms in total. The van der Waals surface area contributed by atoms with Gasteiger partial charge in [0, 0.05) is 22.3 Å². The van der Waals surface area contributed by atoms with E-state index in [2.05, 4.69) is 15.7 Å². The highest BCUT2D eigenvalue weighted by Crippen LogP contribution is 2.24. The van der Waals surface area contributed by atoms with Crippen LogP contribution in [0.5, 0.6) is 0 Å². The van der Waals surface area contributed by atoms with Crippen molar-refractivity contribution >= 4 is 63.6 Å². The van der Waals surface area contributed by atoms with Crippen molar-refractivity contribution in [1.29, 1.82) is 0 Å². The van der Waals surface area contributed by atoms with Crippen LogP contribution >= 0.6 is 47.0 Å². The van der Waals surface area contributed by atoms with Gasteiger partial charge in [-0.25, -0.2) is 8.78 Å². The fraction of sp³-hybridized carbons (Fsp3) is 0.0588. The first-order valence-corrected chi connectivity index (χ1v) is 9.06. The van der Waals surface area contributed by atoms with Crippen LogP contribution in [0, 0.1) is 11.6 Å². The molecule has 1 aromatic heterocycles. The van der Waals surface area contributed by atoms with Gasteiger partial charge in [-0.15, -0.1) is 0 Å². The minimum atomic E-state index is -0.770. The van der Waals surface area contributed by atoms with Crippen LogP contribution in [-0.4, -0.2) is 14.9 Å². The van der Waals surface area contributed by atoms with Gasteiger partial charge in [-0.2, -0.15) is 5.10 Å². The topological polar surface area (TPSA) is 41.9 Å². The Morgan fingerprint density at radius 3 is 2.52 bits per heavy atom. The lowest BCUT2D eigenvalue weighted by atomic mass is 10.2. The number of hydrogen-bond donors (Lipinski definition) is 2. The fourth-order valence-electron chi connectivity index (χ4n) is 2.24. The summed E-state index contributed by atoms with van der Waals surface area (Å²) in [6.07, 6.45) is 1.59. The molecule has 0 saturated heterocycles. The van der Waals surface area contributed by atoms with E-state index in [-0.39, 0.29) is 16.6 Å². The number of halogens is 5. The van der Waals surface area contributed by atoms with Gasteiger partial charge < -0.3 is 10.6 Å². The number of nitrogens with zero attached hydrogens (tertiary/aromatic N) is 2. The predicted molar refractivity (Wildman–Crippen MR) is 109 cm³/mol. The predicted octanol–water partition coefficient (Wildman–Crippen LogP) is 5.98. The van der Waals surface area contributed by atoms with Crippen LogP contribution in [-0.2, 0) is 6.54 Å². The summed E-state index contributed by atoms with van der Waals surface area (Å²) >= 11 is 23.3. The van der Waals surface area contributed by atoms with Crippen molar-refractivity contribution in [3.8, 4) is 0 Å². The van der Waals surface area contributed by atoms with E-state index >= 15 is 0 Å². The molecule has 2 N–H and O–H groups in total. The quantitative estimate of drug-likeness (QED) is 0.483. The molecule has 0 aliphatic rings. The fourth-order valence-corrected chi connectivity index (χ4v) is 3.11. The average molecular weight is 448 g/mol. The van der Waals surface area contributed by atoms with Crippen molar-refractivity contribution in [3.63, 3.8) is 0 Å². The molecule has 0 fully saturated rings. The van der Waals surface area contributed by atoms with Crippen LogP contribution in [0.15, 0.2) is 42.6 Å². The first-order valence-electron chi connectivity index (χ1n) is 7.52. The second-order valence-electron chi connectivity index (χ2n) is 5.46. The molecule has 0 unspecified atom stereocenters. The Labute approximate surface area is 174 Å². The largest absolute Gasteiger partial charge is 0.330 e. The van der Waals surface area contributed by atoms with Gasteiger partial charge in [0.05, 0.1) is 12.2 Å². The van der Waals surface area contributed by atoms with Gasteiger partial charge in [-0.1, -0.05) is 40.9 Å². The van der Waals surface area contributed by atoms with E-state index in [4.69, 9.17) is 47.0 Å². The Hall–Kier alpha value is -1.93. The maximum absolute atomic E-state index is 13.7. The number of rotatable bonds is 4. The smallest absolute Gasteiger partial charge is 0.176 e. The molecule has 3 aromatic rings. The number of benzene rings is 2. The molecular formula is C17H11Cl3F2N4S. The molecule has 27 heavy (non-hydrogen) atoms. The van der Waals surface area contributed by atoms with E-state index in [1.807, 2.05) is 0 Å². The Kier molecular flexibility index (Phi) is 6.16. The molecule has 0 aliphatic carbocycles. The van der Waals surface area contributed by atoms with Crippen molar-refractivity contribution in [2.24, 2.45) is 0 Å². The molecule has 0 saturated carbocycles. The third-order valence-electron chi connectivity index (χ3n) is 3.48. The summed E-state index contributed by atoms with van der Waals surface area (Å²) in [5.74, 6) is -1.17. The Morgan fingerprint density at radius 2 is 1.81 bits per heavy atom. The van der Waals surface area contributed by atoms with Crippen molar-refractivity contribution in [2.45, 2.75) is 6.54 Å². The molecule has 0 spiro atoms.